The molecular weight excluding hydrogens is 276 g/mol. The molecule has 0 amide bonds. The molecule has 2 aromatic rings. The quantitative estimate of drug-likeness (QED) is 0.785. The van der Waals surface area contributed by atoms with Crippen molar-refractivity contribution in [3.8, 4) is 5.75 Å². The first-order chi connectivity index (χ1) is 10.5. The van der Waals surface area contributed by atoms with E-state index in [9.17, 15) is 4.79 Å². The molecular formula is C19H20O3. The first-order valence-corrected chi connectivity index (χ1v) is 7.44. The molecule has 0 saturated heterocycles. The maximum Gasteiger partial charge on any atom is 0.163 e. The summed E-state index contributed by atoms with van der Waals surface area (Å²) in [6, 6.07) is 13.8. The molecule has 114 valence electrons. The number of hydrogen-bond donors (Lipinski definition) is 0. The molecule has 0 aliphatic heterocycles. The van der Waals surface area contributed by atoms with Crippen molar-refractivity contribution in [1.29, 1.82) is 0 Å². The zero-order valence-electron chi connectivity index (χ0n) is 13.2. The Kier molecular flexibility index (Phi) is 3.75. The molecule has 0 radical (unpaired) electrons. The highest BCUT2D eigenvalue weighted by Gasteiger charge is 2.42. The van der Waals surface area contributed by atoms with E-state index in [0.717, 1.165) is 17.5 Å². The van der Waals surface area contributed by atoms with E-state index in [2.05, 4.69) is 0 Å². The second-order valence-corrected chi connectivity index (χ2v) is 5.92. The van der Waals surface area contributed by atoms with Crippen molar-refractivity contribution in [2.24, 2.45) is 0 Å². The summed E-state index contributed by atoms with van der Waals surface area (Å²) in [6.07, 6.45) is 0.846. The van der Waals surface area contributed by atoms with Crippen LogP contribution in [0, 0.1) is 0 Å². The van der Waals surface area contributed by atoms with Gasteiger partial charge >= 0.3 is 0 Å². The Hall–Kier alpha value is -2.13. The second-order valence-electron chi connectivity index (χ2n) is 5.92. The first kappa shape index (κ1) is 14.8. The van der Waals surface area contributed by atoms with Crippen LogP contribution in [0.1, 0.15) is 40.9 Å². The third kappa shape index (κ3) is 2.42. The minimum Gasteiger partial charge on any atom is -0.488 e. The van der Waals surface area contributed by atoms with Crippen LogP contribution in [0.2, 0.25) is 0 Å². The van der Waals surface area contributed by atoms with Crippen LogP contribution in [0.5, 0.6) is 5.75 Å². The van der Waals surface area contributed by atoms with Gasteiger partial charge in [-0.25, -0.2) is 0 Å². The number of carbonyl (C=O) groups is 1. The number of ether oxygens (including phenoxy) is 2. The number of Topliss-reactive ketones (excluding diaryl/α,β-unsaturated/α-hetero) is 1. The van der Waals surface area contributed by atoms with Gasteiger partial charge in [-0.1, -0.05) is 36.4 Å². The minimum absolute atomic E-state index is 0.0104. The van der Waals surface area contributed by atoms with Gasteiger partial charge in [-0.05, 0) is 31.0 Å². The van der Waals surface area contributed by atoms with Crippen LogP contribution in [0.15, 0.2) is 42.5 Å². The number of methoxy groups -OCH3 is 1. The summed E-state index contributed by atoms with van der Waals surface area (Å²) in [4.78, 5) is 11.9. The highest BCUT2D eigenvalue weighted by Crippen LogP contribution is 2.48. The molecule has 0 fully saturated rings. The Morgan fingerprint density at radius 3 is 2.55 bits per heavy atom. The van der Waals surface area contributed by atoms with E-state index in [1.165, 1.54) is 5.56 Å². The zero-order valence-corrected chi connectivity index (χ0v) is 13.2. The van der Waals surface area contributed by atoms with Gasteiger partial charge in [0.05, 0.1) is 11.2 Å². The SMILES string of the molecule is COC1(C)Cc2ccc(C(C)=O)c(OCc3ccccc3)c21. The number of carbonyl (C=O) groups excluding carboxylic acids is 1. The van der Waals surface area contributed by atoms with Crippen LogP contribution in [0.25, 0.3) is 0 Å². The Bertz CT molecular complexity index is 706. The van der Waals surface area contributed by atoms with Gasteiger partial charge in [-0.3, -0.25) is 4.79 Å². The monoisotopic (exact) mass is 296 g/mol. The van der Waals surface area contributed by atoms with E-state index < -0.39 is 0 Å². The van der Waals surface area contributed by atoms with Crippen molar-refractivity contribution in [3.05, 3.63) is 64.7 Å². The van der Waals surface area contributed by atoms with E-state index in [-0.39, 0.29) is 11.4 Å². The largest absolute Gasteiger partial charge is 0.488 e. The Morgan fingerprint density at radius 2 is 1.91 bits per heavy atom. The summed E-state index contributed by atoms with van der Waals surface area (Å²) in [6.45, 7) is 4.05. The number of ketones is 1. The molecule has 0 aromatic heterocycles. The molecule has 0 spiro atoms. The summed E-state index contributed by atoms with van der Waals surface area (Å²) in [5.74, 6) is 0.681. The van der Waals surface area contributed by atoms with Gasteiger partial charge in [-0.15, -0.1) is 0 Å². The fourth-order valence-electron chi connectivity index (χ4n) is 3.03. The lowest BCUT2D eigenvalue weighted by molar-refractivity contribution is -0.0210. The molecule has 3 rings (SSSR count). The van der Waals surface area contributed by atoms with Crippen LogP contribution >= 0.6 is 0 Å². The van der Waals surface area contributed by atoms with Crippen LogP contribution in [-0.2, 0) is 23.4 Å². The Morgan fingerprint density at radius 1 is 1.18 bits per heavy atom. The summed E-state index contributed by atoms with van der Waals surface area (Å²) in [5, 5.41) is 0. The van der Waals surface area contributed by atoms with Crippen molar-refractivity contribution in [1.82, 2.24) is 0 Å². The molecule has 0 N–H and O–H groups in total. The Labute approximate surface area is 130 Å². The zero-order chi connectivity index (χ0) is 15.7. The maximum atomic E-state index is 11.9. The molecule has 1 atom stereocenters. The highest BCUT2D eigenvalue weighted by molar-refractivity contribution is 5.97. The minimum atomic E-state index is -0.368. The number of hydrogen-bond acceptors (Lipinski definition) is 3. The molecule has 3 nitrogen and oxygen atoms in total. The molecule has 1 unspecified atom stereocenters. The molecule has 0 saturated carbocycles. The summed E-state index contributed by atoms with van der Waals surface area (Å²) >= 11 is 0. The second kappa shape index (κ2) is 5.58. The predicted octanol–water partition coefficient (Wildman–Crippen LogP) is 3.89. The van der Waals surface area contributed by atoms with Gasteiger partial charge < -0.3 is 9.47 Å². The standard InChI is InChI=1S/C19H20O3/c1-13(20)16-10-9-15-11-19(2,21-3)17(15)18(16)22-12-14-7-5-4-6-8-14/h4-10H,11-12H2,1-3H3. The van der Waals surface area contributed by atoms with E-state index in [1.807, 2.05) is 49.4 Å². The van der Waals surface area contributed by atoms with Gasteiger partial charge in [0, 0.05) is 19.1 Å². The van der Waals surface area contributed by atoms with Gasteiger partial charge in [0.2, 0.25) is 0 Å². The lowest BCUT2D eigenvalue weighted by Gasteiger charge is -2.41. The fourth-order valence-corrected chi connectivity index (χ4v) is 3.03. The third-order valence-electron chi connectivity index (χ3n) is 4.36. The van der Waals surface area contributed by atoms with Gasteiger partial charge in [0.1, 0.15) is 12.4 Å². The number of fused-ring (bicyclic) bond motifs is 1. The van der Waals surface area contributed by atoms with Crippen LogP contribution < -0.4 is 4.74 Å². The van der Waals surface area contributed by atoms with E-state index in [4.69, 9.17) is 9.47 Å². The molecule has 0 heterocycles. The van der Waals surface area contributed by atoms with Gasteiger partial charge in [-0.2, -0.15) is 0 Å². The van der Waals surface area contributed by atoms with E-state index in [0.29, 0.717) is 17.9 Å². The molecule has 2 aromatic carbocycles. The van der Waals surface area contributed by atoms with Gasteiger partial charge in [0.15, 0.2) is 5.78 Å². The van der Waals surface area contributed by atoms with Crippen LogP contribution in [0.3, 0.4) is 0 Å². The summed E-state index contributed by atoms with van der Waals surface area (Å²) in [7, 11) is 1.70. The van der Waals surface area contributed by atoms with Crippen molar-refractivity contribution < 1.29 is 14.3 Å². The molecule has 1 aliphatic carbocycles. The van der Waals surface area contributed by atoms with Crippen molar-refractivity contribution in [2.75, 3.05) is 7.11 Å². The van der Waals surface area contributed by atoms with Crippen LogP contribution in [0.4, 0.5) is 0 Å². The van der Waals surface area contributed by atoms with E-state index >= 15 is 0 Å². The third-order valence-corrected chi connectivity index (χ3v) is 4.36. The normalized spacial score (nSPS) is 19.2. The number of rotatable bonds is 5. The topological polar surface area (TPSA) is 35.5 Å². The molecule has 3 heteroatoms. The fraction of sp³-hybridized carbons (Fsp3) is 0.316. The van der Waals surface area contributed by atoms with Crippen LogP contribution in [-0.4, -0.2) is 12.9 Å². The smallest absolute Gasteiger partial charge is 0.163 e. The van der Waals surface area contributed by atoms with Crippen molar-refractivity contribution >= 4 is 5.78 Å². The van der Waals surface area contributed by atoms with Crippen molar-refractivity contribution in [2.45, 2.75) is 32.5 Å². The predicted molar refractivity (Wildman–Crippen MR) is 85.3 cm³/mol. The highest BCUT2D eigenvalue weighted by atomic mass is 16.5. The lowest BCUT2D eigenvalue weighted by Crippen LogP contribution is -2.38. The average molecular weight is 296 g/mol. The molecule has 0 bridgehead atoms. The van der Waals surface area contributed by atoms with Crippen molar-refractivity contribution in [3.63, 3.8) is 0 Å². The summed E-state index contributed by atoms with van der Waals surface area (Å²) < 4.78 is 11.7. The Balaban J connectivity index is 1.98. The first-order valence-electron chi connectivity index (χ1n) is 7.44. The van der Waals surface area contributed by atoms with Gasteiger partial charge in [0.25, 0.3) is 0 Å². The molecule has 22 heavy (non-hydrogen) atoms. The summed E-state index contributed by atoms with van der Waals surface area (Å²) in [5.41, 5.74) is 3.54. The molecule has 1 aliphatic rings. The maximum absolute atomic E-state index is 11.9. The van der Waals surface area contributed by atoms with E-state index in [1.54, 1.807) is 14.0 Å². The number of benzene rings is 2. The average Bonchev–Trinajstić information content (AvgIpc) is 2.51. The lowest BCUT2D eigenvalue weighted by atomic mass is 9.73.